The van der Waals surface area contributed by atoms with Crippen molar-refractivity contribution in [2.45, 2.75) is 6.04 Å². The normalized spacial score (nSPS) is 12.8. The summed E-state index contributed by atoms with van der Waals surface area (Å²) in [5, 5.41) is 8.36. The molecular weight excluding hydrogens is 256 g/mol. The van der Waals surface area contributed by atoms with Crippen molar-refractivity contribution < 1.29 is 14.0 Å². The first-order valence-electron chi connectivity index (χ1n) is 5.58. The third-order valence-corrected chi connectivity index (χ3v) is 2.83. The fraction of sp³-hybridized carbons (Fsp3) is 0.417. The van der Waals surface area contributed by atoms with E-state index in [4.69, 9.17) is 25.6 Å². The molecule has 1 atom stereocenters. The molecule has 1 heterocycles. The molecule has 6 heteroatoms. The molecule has 0 aliphatic heterocycles. The summed E-state index contributed by atoms with van der Waals surface area (Å²) in [7, 11) is 3.50. The standard InChI is InChI=1S/C12H15ClN2O3/c1-14-9(6-16-2)7-17-12-10-5-8(13)3-4-11(10)18-15-12/h3-5,9,14H,6-7H2,1-2H3. The quantitative estimate of drug-likeness (QED) is 0.871. The Morgan fingerprint density at radius 1 is 1.44 bits per heavy atom. The van der Waals surface area contributed by atoms with Gasteiger partial charge in [0.25, 0.3) is 5.88 Å². The first-order chi connectivity index (χ1) is 8.74. The number of hydrogen-bond donors (Lipinski definition) is 1. The number of likely N-dealkylation sites (N-methyl/N-ethyl adjacent to an activating group) is 1. The summed E-state index contributed by atoms with van der Waals surface area (Å²) in [6.45, 7) is 1.01. The summed E-state index contributed by atoms with van der Waals surface area (Å²) in [4.78, 5) is 0. The van der Waals surface area contributed by atoms with Gasteiger partial charge in [-0.25, -0.2) is 0 Å². The topological polar surface area (TPSA) is 56.5 Å². The molecule has 1 aromatic carbocycles. The molecule has 1 N–H and O–H groups in total. The molecule has 0 bridgehead atoms. The number of aromatic nitrogens is 1. The van der Waals surface area contributed by atoms with E-state index in [0.29, 0.717) is 29.7 Å². The molecule has 98 valence electrons. The molecule has 2 rings (SSSR count). The monoisotopic (exact) mass is 270 g/mol. The van der Waals surface area contributed by atoms with E-state index in [0.717, 1.165) is 5.39 Å². The maximum absolute atomic E-state index is 5.93. The molecule has 1 unspecified atom stereocenters. The van der Waals surface area contributed by atoms with E-state index >= 15 is 0 Å². The molecule has 0 amide bonds. The lowest BCUT2D eigenvalue weighted by atomic mass is 10.2. The lowest BCUT2D eigenvalue weighted by Gasteiger charge is -2.14. The van der Waals surface area contributed by atoms with Gasteiger partial charge >= 0.3 is 0 Å². The number of methoxy groups -OCH3 is 1. The Kier molecular flexibility index (Phi) is 4.41. The Hall–Kier alpha value is -1.30. The zero-order valence-corrected chi connectivity index (χ0v) is 11.0. The second-order valence-corrected chi connectivity index (χ2v) is 4.32. The van der Waals surface area contributed by atoms with Crippen LogP contribution in [0.4, 0.5) is 0 Å². The van der Waals surface area contributed by atoms with Crippen molar-refractivity contribution in [2.75, 3.05) is 27.4 Å². The van der Waals surface area contributed by atoms with Crippen LogP contribution in [0.15, 0.2) is 22.7 Å². The predicted octanol–water partition coefficient (Wildman–Crippen LogP) is 2.09. The van der Waals surface area contributed by atoms with Gasteiger partial charge in [-0.15, -0.1) is 0 Å². The van der Waals surface area contributed by atoms with Crippen LogP contribution in [0.2, 0.25) is 5.02 Å². The van der Waals surface area contributed by atoms with Gasteiger partial charge in [-0.1, -0.05) is 11.6 Å². The number of ether oxygens (including phenoxy) is 2. The molecule has 0 aliphatic rings. The van der Waals surface area contributed by atoms with Crippen LogP contribution in [0.5, 0.6) is 5.88 Å². The lowest BCUT2D eigenvalue weighted by Crippen LogP contribution is -2.35. The van der Waals surface area contributed by atoms with Gasteiger partial charge in [0, 0.05) is 12.1 Å². The molecular formula is C12H15ClN2O3. The largest absolute Gasteiger partial charge is 0.473 e. The Balaban J connectivity index is 2.09. The summed E-state index contributed by atoms with van der Waals surface area (Å²) in [5.74, 6) is 0.448. The highest BCUT2D eigenvalue weighted by atomic mass is 35.5. The van der Waals surface area contributed by atoms with Crippen LogP contribution in [-0.4, -0.2) is 38.6 Å². The number of rotatable bonds is 6. The van der Waals surface area contributed by atoms with E-state index in [9.17, 15) is 0 Å². The molecule has 0 fully saturated rings. The van der Waals surface area contributed by atoms with Crippen molar-refractivity contribution >= 4 is 22.6 Å². The van der Waals surface area contributed by atoms with E-state index in [1.54, 1.807) is 25.3 Å². The molecule has 2 aromatic rings. The molecule has 1 aromatic heterocycles. The minimum atomic E-state index is 0.0981. The van der Waals surface area contributed by atoms with Crippen molar-refractivity contribution in [3.63, 3.8) is 0 Å². The van der Waals surface area contributed by atoms with E-state index < -0.39 is 0 Å². The lowest BCUT2D eigenvalue weighted by molar-refractivity contribution is 0.137. The summed E-state index contributed by atoms with van der Waals surface area (Å²) < 4.78 is 15.8. The van der Waals surface area contributed by atoms with Crippen molar-refractivity contribution in [1.82, 2.24) is 10.5 Å². The van der Waals surface area contributed by atoms with E-state index in [1.165, 1.54) is 0 Å². The van der Waals surface area contributed by atoms with Gasteiger partial charge in [-0.05, 0) is 30.4 Å². The fourth-order valence-corrected chi connectivity index (χ4v) is 1.76. The van der Waals surface area contributed by atoms with Crippen LogP contribution in [-0.2, 0) is 4.74 Å². The number of fused-ring (bicyclic) bond motifs is 1. The first-order valence-corrected chi connectivity index (χ1v) is 5.96. The second kappa shape index (κ2) is 6.04. The van der Waals surface area contributed by atoms with Gasteiger partial charge in [0.15, 0.2) is 5.58 Å². The van der Waals surface area contributed by atoms with Crippen molar-refractivity contribution in [1.29, 1.82) is 0 Å². The molecule has 0 spiro atoms. The van der Waals surface area contributed by atoms with E-state index in [1.807, 2.05) is 7.05 Å². The Bertz CT molecular complexity index is 515. The first kappa shape index (κ1) is 13.1. The van der Waals surface area contributed by atoms with Crippen LogP contribution < -0.4 is 10.1 Å². The van der Waals surface area contributed by atoms with Gasteiger partial charge in [0.1, 0.15) is 6.61 Å². The van der Waals surface area contributed by atoms with Crippen molar-refractivity contribution in [2.24, 2.45) is 0 Å². The van der Waals surface area contributed by atoms with Gasteiger partial charge in [0.2, 0.25) is 0 Å². The molecule has 0 saturated carbocycles. The van der Waals surface area contributed by atoms with Gasteiger partial charge < -0.3 is 19.3 Å². The predicted molar refractivity (Wildman–Crippen MR) is 69.2 cm³/mol. The number of halogens is 1. The molecule has 0 saturated heterocycles. The van der Waals surface area contributed by atoms with Crippen LogP contribution in [0.1, 0.15) is 0 Å². The average molecular weight is 271 g/mol. The van der Waals surface area contributed by atoms with Gasteiger partial charge in [0.05, 0.1) is 18.0 Å². The Morgan fingerprint density at radius 2 is 2.28 bits per heavy atom. The third kappa shape index (κ3) is 2.93. The van der Waals surface area contributed by atoms with Crippen molar-refractivity contribution in [3.05, 3.63) is 23.2 Å². The summed E-state index contributed by atoms with van der Waals surface area (Å²) >= 11 is 5.93. The number of benzene rings is 1. The summed E-state index contributed by atoms with van der Waals surface area (Å²) in [6, 6.07) is 5.39. The fourth-order valence-electron chi connectivity index (χ4n) is 1.59. The number of hydrogen-bond acceptors (Lipinski definition) is 5. The molecule has 0 radical (unpaired) electrons. The SMILES string of the molecule is CNC(COC)COc1noc2ccc(Cl)cc12. The minimum Gasteiger partial charge on any atom is -0.473 e. The maximum Gasteiger partial charge on any atom is 0.262 e. The summed E-state index contributed by atoms with van der Waals surface area (Å²) in [6.07, 6.45) is 0. The number of nitrogens with one attached hydrogen (secondary N) is 1. The van der Waals surface area contributed by atoms with E-state index in [2.05, 4.69) is 10.5 Å². The second-order valence-electron chi connectivity index (χ2n) is 3.88. The van der Waals surface area contributed by atoms with Gasteiger partial charge in [-0.3, -0.25) is 0 Å². The molecule has 5 nitrogen and oxygen atoms in total. The zero-order valence-electron chi connectivity index (χ0n) is 10.3. The zero-order chi connectivity index (χ0) is 13.0. The Morgan fingerprint density at radius 3 is 3.00 bits per heavy atom. The summed E-state index contributed by atoms with van der Waals surface area (Å²) in [5.41, 5.74) is 0.655. The highest BCUT2D eigenvalue weighted by molar-refractivity contribution is 6.31. The maximum atomic E-state index is 5.93. The van der Waals surface area contributed by atoms with Crippen LogP contribution >= 0.6 is 11.6 Å². The average Bonchev–Trinajstić information content (AvgIpc) is 2.77. The van der Waals surface area contributed by atoms with Gasteiger partial charge in [-0.2, -0.15) is 0 Å². The van der Waals surface area contributed by atoms with Crippen molar-refractivity contribution in [3.8, 4) is 5.88 Å². The van der Waals surface area contributed by atoms with Crippen LogP contribution in [0.25, 0.3) is 11.0 Å². The molecule has 18 heavy (non-hydrogen) atoms. The number of nitrogens with zero attached hydrogens (tertiary/aromatic N) is 1. The minimum absolute atomic E-state index is 0.0981. The highest BCUT2D eigenvalue weighted by Gasteiger charge is 2.12. The van der Waals surface area contributed by atoms with E-state index in [-0.39, 0.29) is 6.04 Å². The third-order valence-electron chi connectivity index (χ3n) is 2.60. The molecule has 0 aliphatic carbocycles. The smallest absolute Gasteiger partial charge is 0.262 e. The van der Waals surface area contributed by atoms with Crippen LogP contribution in [0, 0.1) is 0 Å². The Labute approximate surface area is 110 Å². The van der Waals surface area contributed by atoms with Crippen LogP contribution in [0.3, 0.4) is 0 Å². The highest BCUT2D eigenvalue weighted by Crippen LogP contribution is 2.27.